The molecule has 6 nitrogen and oxygen atoms in total. The second kappa shape index (κ2) is 9.52. The van der Waals surface area contributed by atoms with Gasteiger partial charge in [-0.1, -0.05) is 18.2 Å². The topological polar surface area (TPSA) is 86.5 Å². The Bertz CT molecular complexity index is 961. The van der Waals surface area contributed by atoms with Gasteiger partial charge in [0.1, 0.15) is 17.3 Å². The Hall–Kier alpha value is -2.65. The number of carbonyl (C=O) groups excluding carboxylic acids is 1. The first-order valence-corrected chi connectivity index (χ1v) is 9.68. The van der Waals surface area contributed by atoms with Crippen LogP contribution in [0.2, 0.25) is 0 Å². The summed E-state index contributed by atoms with van der Waals surface area (Å²) >= 11 is 2.24. The molecule has 1 aromatic heterocycles. The summed E-state index contributed by atoms with van der Waals surface area (Å²) < 4.78 is 12.0. The lowest BCUT2D eigenvalue weighted by atomic mass is 10.2. The van der Waals surface area contributed by atoms with Crippen molar-refractivity contribution in [3.63, 3.8) is 0 Å². The van der Waals surface area contributed by atoms with E-state index in [0.717, 1.165) is 20.6 Å². The van der Waals surface area contributed by atoms with E-state index in [-0.39, 0.29) is 11.7 Å². The molecule has 0 saturated heterocycles. The average Bonchev–Trinajstić information content (AvgIpc) is 2.68. The summed E-state index contributed by atoms with van der Waals surface area (Å²) in [6.45, 7) is 0.726. The highest BCUT2D eigenvalue weighted by molar-refractivity contribution is 14.1. The predicted octanol–water partition coefficient (Wildman–Crippen LogP) is 4.14. The minimum Gasteiger partial charge on any atom is -0.457 e. The lowest BCUT2D eigenvalue weighted by Crippen LogP contribution is -2.24. The van der Waals surface area contributed by atoms with Crippen LogP contribution in [0.5, 0.6) is 11.5 Å². The van der Waals surface area contributed by atoms with E-state index >= 15 is 0 Å². The van der Waals surface area contributed by atoms with Crippen molar-refractivity contribution in [2.75, 3.05) is 12.8 Å². The Kier molecular flexibility index (Phi) is 6.83. The number of carbonyl (C=O) groups is 1. The highest BCUT2D eigenvalue weighted by atomic mass is 127. The van der Waals surface area contributed by atoms with E-state index in [1.165, 1.54) is 0 Å². The van der Waals surface area contributed by atoms with Gasteiger partial charge in [-0.25, -0.2) is 4.98 Å². The van der Waals surface area contributed by atoms with Crippen molar-refractivity contribution < 1.29 is 14.3 Å². The fourth-order valence-corrected chi connectivity index (χ4v) is 3.07. The number of pyridine rings is 1. The number of nitrogens with two attached hydrogens (primary N) is 1. The minimum atomic E-state index is -0.270. The zero-order valence-corrected chi connectivity index (χ0v) is 17.5. The van der Waals surface area contributed by atoms with Crippen molar-refractivity contribution in [2.45, 2.75) is 13.2 Å². The normalized spacial score (nSPS) is 10.5. The number of hydrogen-bond donors (Lipinski definition) is 2. The summed E-state index contributed by atoms with van der Waals surface area (Å²) in [5, 5.41) is 2.85. The molecular weight excluding hydrogens is 469 g/mol. The van der Waals surface area contributed by atoms with Crippen molar-refractivity contribution in [1.82, 2.24) is 10.3 Å². The van der Waals surface area contributed by atoms with Crippen LogP contribution in [0.15, 0.2) is 60.7 Å². The van der Waals surface area contributed by atoms with Crippen LogP contribution in [0, 0.1) is 3.57 Å². The number of anilines is 1. The van der Waals surface area contributed by atoms with E-state index in [4.69, 9.17) is 15.2 Å². The molecule has 0 bridgehead atoms. The molecule has 144 valence electrons. The van der Waals surface area contributed by atoms with E-state index in [1.807, 2.05) is 48.5 Å². The number of ether oxygens (including phenoxy) is 2. The van der Waals surface area contributed by atoms with E-state index in [0.29, 0.717) is 24.4 Å². The Balaban J connectivity index is 1.58. The molecule has 0 fully saturated rings. The maximum absolute atomic E-state index is 12.4. The second-order valence-electron chi connectivity index (χ2n) is 6.05. The summed E-state index contributed by atoms with van der Waals surface area (Å²) in [5.74, 6) is 1.44. The predicted molar refractivity (Wildman–Crippen MR) is 116 cm³/mol. The molecule has 1 heterocycles. The van der Waals surface area contributed by atoms with Gasteiger partial charge in [0.15, 0.2) is 0 Å². The molecule has 1 amide bonds. The van der Waals surface area contributed by atoms with E-state index in [1.54, 1.807) is 19.2 Å². The number of nitrogens with one attached hydrogen (secondary N) is 1. The molecule has 0 unspecified atom stereocenters. The molecule has 3 N–H and O–H groups in total. The molecular formula is C21H20IN3O3. The number of amides is 1. The zero-order chi connectivity index (χ0) is 19.9. The number of methoxy groups -OCH3 is 1. The maximum Gasteiger partial charge on any atom is 0.255 e. The molecule has 7 heteroatoms. The molecule has 0 aliphatic rings. The van der Waals surface area contributed by atoms with Crippen molar-refractivity contribution in [2.24, 2.45) is 0 Å². The number of aromatic nitrogens is 1. The standard InChI is InChI=1S/C21H20IN3O3/c1-27-13-16-7-10-19(20(23)25-16)21(26)24-12-14-5-8-17(9-6-14)28-18-4-2-3-15(22)11-18/h2-11H,12-13H2,1H3,(H2,23,25)(H,24,26). The molecule has 0 saturated carbocycles. The second-order valence-corrected chi connectivity index (χ2v) is 7.30. The molecule has 3 rings (SSSR count). The quantitative estimate of drug-likeness (QED) is 0.488. The van der Waals surface area contributed by atoms with Crippen LogP contribution in [0.1, 0.15) is 21.6 Å². The summed E-state index contributed by atoms with van der Waals surface area (Å²) in [6, 6.07) is 18.8. The molecule has 0 aliphatic carbocycles. The number of benzene rings is 2. The third-order valence-corrected chi connectivity index (χ3v) is 4.60. The molecule has 0 spiro atoms. The van der Waals surface area contributed by atoms with Crippen LogP contribution in [-0.4, -0.2) is 18.0 Å². The number of halogens is 1. The van der Waals surface area contributed by atoms with Gasteiger partial charge in [-0.3, -0.25) is 4.79 Å². The van der Waals surface area contributed by atoms with Gasteiger partial charge in [0.05, 0.1) is 17.9 Å². The maximum atomic E-state index is 12.4. The largest absolute Gasteiger partial charge is 0.457 e. The van der Waals surface area contributed by atoms with Crippen molar-refractivity contribution >= 4 is 34.3 Å². The first kappa shape index (κ1) is 20.1. The van der Waals surface area contributed by atoms with Gasteiger partial charge in [0, 0.05) is 17.2 Å². The Morgan fingerprint density at radius 3 is 2.57 bits per heavy atom. The van der Waals surface area contributed by atoms with Crippen molar-refractivity contribution in [1.29, 1.82) is 0 Å². The highest BCUT2D eigenvalue weighted by Gasteiger charge is 2.11. The van der Waals surface area contributed by atoms with Crippen molar-refractivity contribution in [3.05, 3.63) is 81.1 Å². The molecule has 28 heavy (non-hydrogen) atoms. The van der Waals surface area contributed by atoms with E-state index < -0.39 is 0 Å². The zero-order valence-electron chi connectivity index (χ0n) is 15.3. The smallest absolute Gasteiger partial charge is 0.255 e. The summed E-state index contributed by atoms with van der Waals surface area (Å²) in [6.07, 6.45) is 0. The Morgan fingerprint density at radius 1 is 1.11 bits per heavy atom. The first-order valence-electron chi connectivity index (χ1n) is 8.60. The number of rotatable bonds is 7. The van der Waals surface area contributed by atoms with Gasteiger partial charge >= 0.3 is 0 Å². The van der Waals surface area contributed by atoms with Gasteiger partial charge in [-0.2, -0.15) is 0 Å². The first-order chi connectivity index (χ1) is 13.5. The Labute approximate surface area is 177 Å². The summed E-state index contributed by atoms with van der Waals surface area (Å²) in [4.78, 5) is 16.5. The number of nitrogens with zero attached hydrogens (tertiary/aromatic N) is 1. The monoisotopic (exact) mass is 489 g/mol. The van der Waals surface area contributed by atoms with Gasteiger partial charge in [-0.15, -0.1) is 0 Å². The minimum absolute atomic E-state index is 0.188. The van der Waals surface area contributed by atoms with Crippen LogP contribution in [0.25, 0.3) is 0 Å². The van der Waals surface area contributed by atoms with E-state index in [9.17, 15) is 4.79 Å². The molecule has 3 aromatic rings. The van der Waals surface area contributed by atoms with Gasteiger partial charge in [0.2, 0.25) is 0 Å². The highest BCUT2D eigenvalue weighted by Crippen LogP contribution is 2.23. The third kappa shape index (κ3) is 5.43. The van der Waals surface area contributed by atoms with Gasteiger partial charge < -0.3 is 20.5 Å². The van der Waals surface area contributed by atoms with Crippen LogP contribution in [0.4, 0.5) is 5.82 Å². The van der Waals surface area contributed by atoms with Crippen molar-refractivity contribution in [3.8, 4) is 11.5 Å². The molecule has 0 atom stereocenters. The van der Waals surface area contributed by atoms with Crippen LogP contribution in [-0.2, 0) is 17.9 Å². The van der Waals surface area contributed by atoms with E-state index in [2.05, 4.69) is 32.9 Å². The SMILES string of the molecule is COCc1ccc(C(=O)NCc2ccc(Oc3cccc(I)c3)cc2)c(N)n1. The lowest BCUT2D eigenvalue weighted by molar-refractivity contribution is 0.0951. The molecule has 2 aromatic carbocycles. The average molecular weight is 489 g/mol. The third-order valence-electron chi connectivity index (χ3n) is 3.93. The lowest BCUT2D eigenvalue weighted by Gasteiger charge is -2.10. The van der Waals surface area contributed by atoms with Crippen LogP contribution < -0.4 is 15.8 Å². The van der Waals surface area contributed by atoms with Crippen LogP contribution >= 0.6 is 22.6 Å². The fraction of sp³-hybridized carbons (Fsp3) is 0.143. The molecule has 0 radical (unpaired) electrons. The van der Waals surface area contributed by atoms with Gasteiger partial charge in [-0.05, 0) is 70.6 Å². The summed E-state index contributed by atoms with van der Waals surface area (Å²) in [5.41, 5.74) is 7.86. The Morgan fingerprint density at radius 2 is 1.89 bits per heavy atom. The van der Waals surface area contributed by atoms with Crippen LogP contribution in [0.3, 0.4) is 0 Å². The van der Waals surface area contributed by atoms with Gasteiger partial charge in [0.25, 0.3) is 5.91 Å². The number of hydrogen-bond acceptors (Lipinski definition) is 5. The molecule has 0 aliphatic heterocycles. The summed E-state index contributed by atoms with van der Waals surface area (Å²) in [7, 11) is 1.58. The fourth-order valence-electron chi connectivity index (χ4n) is 2.56. The number of nitrogen functional groups attached to an aromatic ring is 1.